The Morgan fingerprint density at radius 2 is 1.64 bits per heavy atom. The largest absolute Gasteiger partial charge is 0.384 e. The van der Waals surface area contributed by atoms with Gasteiger partial charge >= 0.3 is 0 Å². The zero-order valence-electron chi connectivity index (χ0n) is 12.8. The average molecular weight is 319 g/mol. The predicted molar refractivity (Wildman–Crippen MR) is 87.0 cm³/mol. The molecule has 1 atom stereocenters. The third-order valence-electron chi connectivity index (χ3n) is 3.64. The predicted octanol–water partition coefficient (Wildman–Crippen LogP) is 2.44. The van der Waals surface area contributed by atoms with E-state index in [4.69, 9.17) is 0 Å². The molecule has 0 amide bonds. The fraction of sp³-hybridized carbons (Fsp3) is 0.294. The van der Waals surface area contributed by atoms with E-state index in [-0.39, 0.29) is 11.4 Å². The SMILES string of the molecule is CCc1ccc(S(=O)(=O)NCC(C)(O)c2ccccc2)cc1. The Bertz CT molecular complexity index is 707. The highest BCUT2D eigenvalue weighted by molar-refractivity contribution is 7.89. The van der Waals surface area contributed by atoms with Gasteiger partial charge in [0.25, 0.3) is 0 Å². The molecule has 0 saturated carbocycles. The molecule has 118 valence electrons. The Morgan fingerprint density at radius 3 is 2.18 bits per heavy atom. The quantitative estimate of drug-likeness (QED) is 0.859. The lowest BCUT2D eigenvalue weighted by atomic mass is 9.97. The molecule has 0 fully saturated rings. The van der Waals surface area contributed by atoms with Crippen LogP contribution in [0.4, 0.5) is 0 Å². The second kappa shape index (κ2) is 6.60. The molecular weight excluding hydrogens is 298 g/mol. The van der Waals surface area contributed by atoms with E-state index < -0.39 is 15.6 Å². The smallest absolute Gasteiger partial charge is 0.240 e. The van der Waals surface area contributed by atoms with Crippen LogP contribution in [0.15, 0.2) is 59.5 Å². The number of hydrogen-bond donors (Lipinski definition) is 2. The van der Waals surface area contributed by atoms with Crippen molar-refractivity contribution in [3.8, 4) is 0 Å². The Labute approximate surface area is 131 Å². The number of aliphatic hydroxyl groups is 1. The molecule has 0 aliphatic heterocycles. The van der Waals surface area contributed by atoms with E-state index in [1.165, 1.54) is 0 Å². The van der Waals surface area contributed by atoms with Crippen LogP contribution in [-0.4, -0.2) is 20.1 Å². The van der Waals surface area contributed by atoms with Gasteiger partial charge in [-0.25, -0.2) is 13.1 Å². The normalized spacial score (nSPS) is 14.5. The van der Waals surface area contributed by atoms with Crippen molar-refractivity contribution in [1.82, 2.24) is 4.72 Å². The van der Waals surface area contributed by atoms with Crippen LogP contribution in [0.5, 0.6) is 0 Å². The van der Waals surface area contributed by atoms with E-state index >= 15 is 0 Å². The zero-order valence-corrected chi connectivity index (χ0v) is 13.6. The number of nitrogens with one attached hydrogen (secondary N) is 1. The van der Waals surface area contributed by atoms with Gasteiger partial charge in [0.15, 0.2) is 0 Å². The van der Waals surface area contributed by atoms with Crippen molar-refractivity contribution in [2.24, 2.45) is 0 Å². The van der Waals surface area contributed by atoms with E-state index in [2.05, 4.69) is 4.72 Å². The van der Waals surface area contributed by atoms with Gasteiger partial charge in [-0.05, 0) is 36.6 Å². The van der Waals surface area contributed by atoms with Crippen LogP contribution in [0.1, 0.15) is 25.0 Å². The topological polar surface area (TPSA) is 66.4 Å². The second-order valence-electron chi connectivity index (χ2n) is 5.46. The van der Waals surface area contributed by atoms with Crippen LogP contribution in [-0.2, 0) is 22.0 Å². The van der Waals surface area contributed by atoms with Gasteiger partial charge in [0.2, 0.25) is 10.0 Å². The highest BCUT2D eigenvalue weighted by Gasteiger charge is 2.25. The number of aryl methyl sites for hydroxylation is 1. The minimum absolute atomic E-state index is 0.0884. The van der Waals surface area contributed by atoms with E-state index in [9.17, 15) is 13.5 Å². The molecule has 0 aliphatic rings. The monoisotopic (exact) mass is 319 g/mol. The van der Waals surface area contributed by atoms with E-state index in [0.29, 0.717) is 5.56 Å². The van der Waals surface area contributed by atoms with Crippen molar-refractivity contribution in [3.05, 3.63) is 65.7 Å². The van der Waals surface area contributed by atoms with Crippen molar-refractivity contribution in [1.29, 1.82) is 0 Å². The lowest BCUT2D eigenvalue weighted by molar-refractivity contribution is 0.0627. The summed E-state index contributed by atoms with van der Waals surface area (Å²) in [5.41, 5.74) is 0.479. The number of sulfonamides is 1. The van der Waals surface area contributed by atoms with Crippen molar-refractivity contribution in [3.63, 3.8) is 0 Å². The first-order valence-electron chi connectivity index (χ1n) is 7.22. The number of rotatable bonds is 6. The van der Waals surface area contributed by atoms with Crippen LogP contribution < -0.4 is 4.72 Å². The van der Waals surface area contributed by atoms with E-state index in [1.807, 2.05) is 25.1 Å². The van der Waals surface area contributed by atoms with Gasteiger partial charge in [-0.15, -0.1) is 0 Å². The van der Waals surface area contributed by atoms with E-state index in [0.717, 1.165) is 12.0 Å². The molecule has 0 radical (unpaired) electrons. The van der Waals surface area contributed by atoms with Crippen molar-refractivity contribution >= 4 is 10.0 Å². The molecule has 2 N–H and O–H groups in total. The molecule has 4 nitrogen and oxygen atoms in total. The molecular formula is C17H21NO3S. The maximum atomic E-state index is 12.3. The Morgan fingerprint density at radius 1 is 1.05 bits per heavy atom. The van der Waals surface area contributed by atoms with Gasteiger partial charge in [0, 0.05) is 6.54 Å². The molecule has 5 heteroatoms. The summed E-state index contributed by atoms with van der Waals surface area (Å²) >= 11 is 0. The molecule has 2 aromatic carbocycles. The first-order chi connectivity index (χ1) is 10.3. The van der Waals surface area contributed by atoms with Gasteiger partial charge < -0.3 is 5.11 Å². The third kappa shape index (κ3) is 3.94. The van der Waals surface area contributed by atoms with Crippen LogP contribution in [0.3, 0.4) is 0 Å². The molecule has 0 bridgehead atoms. The summed E-state index contributed by atoms with van der Waals surface area (Å²) in [6.45, 7) is 3.51. The Kier molecular flexibility index (Phi) is 5.01. The molecule has 22 heavy (non-hydrogen) atoms. The minimum atomic E-state index is -3.64. The molecule has 2 rings (SSSR count). The van der Waals surface area contributed by atoms with Crippen molar-refractivity contribution in [2.75, 3.05) is 6.54 Å². The summed E-state index contributed by atoms with van der Waals surface area (Å²) in [6, 6.07) is 15.8. The third-order valence-corrected chi connectivity index (χ3v) is 5.06. The summed E-state index contributed by atoms with van der Waals surface area (Å²) in [6.07, 6.45) is 0.858. The fourth-order valence-electron chi connectivity index (χ4n) is 2.12. The van der Waals surface area contributed by atoms with Gasteiger partial charge in [-0.3, -0.25) is 0 Å². The van der Waals surface area contributed by atoms with Gasteiger partial charge in [-0.2, -0.15) is 0 Å². The van der Waals surface area contributed by atoms with Crippen LogP contribution in [0.2, 0.25) is 0 Å². The van der Waals surface area contributed by atoms with Crippen molar-refractivity contribution in [2.45, 2.75) is 30.8 Å². The Hall–Kier alpha value is -1.69. The van der Waals surface area contributed by atoms with Crippen LogP contribution in [0.25, 0.3) is 0 Å². The summed E-state index contributed by atoms with van der Waals surface area (Å²) in [7, 11) is -3.64. The highest BCUT2D eigenvalue weighted by Crippen LogP contribution is 2.20. The standard InChI is InChI=1S/C17H21NO3S/c1-3-14-9-11-16(12-10-14)22(20,21)18-13-17(2,19)15-7-5-4-6-8-15/h4-12,18-19H,3,13H2,1-2H3. The molecule has 0 aliphatic carbocycles. The lowest BCUT2D eigenvalue weighted by Crippen LogP contribution is -2.38. The highest BCUT2D eigenvalue weighted by atomic mass is 32.2. The maximum absolute atomic E-state index is 12.3. The van der Waals surface area contributed by atoms with E-state index in [1.54, 1.807) is 43.3 Å². The molecule has 0 saturated heterocycles. The zero-order chi connectivity index (χ0) is 16.2. The summed E-state index contributed by atoms with van der Waals surface area (Å²) in [5, 5.41) is 10.5. The summed E-state index contributed by atoms with van der Waals surface area (Å²) in [5.74, 6) is 0. The first-order valence-corrected chi connectivity index (χ1v) is 8.70. The van der Waals surface area contributed by atoms with Gasteiger partial charge in [0.1, 0.15) is 5.60 Å². The van der Waals surface area contributed by atoms with Crippen LogP contribution in [0, 0.1) is 0 Å². The van der Waals surface area contributed by atoms with Gasteiger partial charge in [0.05, 0.1) is 4.90 Å². The molecule has 1 unspecified atom stereocenters. The fourth-order valence-corrected chi connectivity index (χ4v) is 3.25. The summed E-state index contributed by atoms with van der Waals surface area (Å²) < 4.78 is 27.0. The molecule has 0 spiro atoms. The maximum Gasteiger partial charge on any atom is 0.240 e. The molecule has 0 aromatic heterocycles. The number of hydrogen-bond acceptors (Lipinski definition) is 3. The first kappa shape index (κ1) is 16.7. The molecule has 0 heterocycles. The minimum Gasteiger partial charge on any atom is -0.384 e. The second-order valence-corrected chi connectivity index (χ2v) is 7.23. The summed E-state index contributed by atoms with van der Waals surface area (Å²) in [4.78, 5) is 0.202. The molecule has 2 aromatic rings. The number of benzene rings is 2. The Balaban J connectivity index is 2.12. The lowest BCUT2D eigenvalue weighted by Gasteiger charge is -2.24. The van der Waals surface area contributed by atoms with Crippen LogP contribution >= 0.6 is 0 Å². The van der Waals surface area contributed by atoms with Crippen molar-refractivity contribution < 1.29 is 13.5 Å². The average Bonchev–Trinajstić information content (AvgIpc) is 2.54. The van der Waals surface area contributed by atoms with Gasteiger partial charge in [-0.1, -0.05) is 49.4 Å².